The van der Waals surface area contributed by atoms with Crippen molar-refractivity contribution in [1.82, 2.24) is 0 Å². The van der Waals surface area contributed by atoms with Crippen LogP contribution in [0.2, 0.25) is 0 Å². The van der Waals surface area contributed by atoms with E-state index < -0.39 is 74.0 Å². The number of carboxylic acids is 2. The average molecular weight is 538 g/mol. The van der Waals surface area contributed by atoms with Crippen molar-refractivity contribution in [2.24, 2.45) is 0 Å². The zero-order valence-corrected chi connectivity index (χ0v) is 19.4. The fourth-order valence-electron chi connectivity index (χ4n) is 2.00. The number of aliphatic carboxylic acids is 2. The van der Waals surface area contributed by atoms with E-state index in [9.17, 15) is 40.2 Å². The van der Waals surface area contributed by atoms with Gasteiger partial charge in [-0.25, -0.2) is 0 Å². The number of carbonyl (C=O) groups excluding carboxylic acids is 2. The Hall–Kier alpha value is -0.577. The van der Waals surface area contributed by atoms with Crippen LogP contribution in [0, 0.1) is 0 Å². The van der Waals surface area contributed by atoms with Gasteiger partial charge in [-0.3, -0.25) is 0 Å². The van der Waals surface area contributed by atoms with Crippen LogP contribution in [0.4, 0.5) is 0 Å². The second-order valence-electron chi connectivity index (χ2n) is 5.85. The van der Waals surface area contributed by atoms with Gasteiger partial charge in [-0.15, -0.1) is 0 Å². The molecule has 15 heteroatoms. The number of carboxylic acid groups (broad SMARTS) is 2. The molecule has 14 nitrogen and oxygen atoms in total. The zero-order valence-electron chi connectivity index (χ0n) is 17.0. The van der Waals surface area contributed by atoms with Gasteiger partial charge in [0, 0.05) is 13.2 Å². The van der Waals surface area contributed by atoms with Crippen molar-refractivity contribution in [3.63, 3.8) is 0 Å². The predicted molar refractivity (Wildman–Crippen MR) is 91.1 cm³/mol. The number of hydrogen-bond donors (Lipinski definition) is 8. The molecule has 0 saturated carbocycles. The van der Waals surface area contributed by atoms with Crippen molar-refractivity contribution in [2.45, 2.75) is 62.7 Å². The van der Waals surface area contributed by atoms with Gasteiger partial charge < -0.3 is 70.1 Å². The van der Waals surface area contributed by atoms with Gasteiger partial charge in [0.2, 0.25) is 0 Å². The van der Waals surface area contributed by atoms with E-state index in [0.29, 0.717) is 0 Å². The van der Waals surface area contributed by atoms with E-state index in [-0.39, 0.29) is 39.4 Å². The summed E-state index contributed by atoms with van der Waals surface area (Å²) in [6.07, 6.45) is -14.1. The Labute approximate surface area is 197 Å². The van der Waals surface area contributed by atoms with Crippen molar-refractivity contribution in [2.75, 3.05) is 26.4 Å². The first kappa shape index (κ1) is 35.0. The second kappa shape index (κ2) is 18.9. The van der Waals surface area contributed by atoms with Gasteiger partial charge >= 0.3 is 26.2 Å². The Balaban J connectivity index is -0.000000490. The first-order valence-corrected chi connectivity index (χ1v) is 8.85. The molecule has 0 spiro atoms. The molecule has 31 heavy (non-hydrogen) atoms. The fraction of sp³-hybridized carbons (Fsp3) is 0.875. The fourth-order valence-corrected chi connectivity index (χ4v) is 2.00. The molecule has 182 valence electrons. The Morgan fingerprint density at radius 1 is 0.677 bits per heavy atom. The molecule has 0 fully saturated rings. The first-order chi connectivity index (χ1) is 13.9. The number of hydrogen-bond acceptors (Lipinski definition) is 14. The summed E-state index contributed by atoms with van der Waals surface area (Å²) in [6, 6.07) is 0. The molecule has 0 aliphatic heterocycles. The van der Waals surface area contributed by atoms with E-state index in [2.05, 4.69) is 9.47 Å². The van der Waals surface area contributed by atoms with Crippen molar-refractivity contribution in [3.8, 4) is 0 Å². The maximum atomic E-state index is 10.5. The molecule has 0 aromatic heterocycles. The molecule has 0 radical (unpaired) electrons. The van der Waals surface area contributed by atoms with Crippen LogP contribution >= 0.6 is 0 Å². The predicted octanol–water partition coefficient (Wildman–Crippen LogP) is -7.57. The quantitative estimate of drug-likeness (QED) is 0.102. The molecule has 0 rings (SSSR count). The number of ether oxygens (including phenoxy) is 2. The van der Waals surface area contributed by atoms with Crippen LogP contribution in [-0.2, 0) is 45.3 Å². The van der Waals surface area contributed by atoms with E-state index in [1.165, 1.54) is 13.8 Å². The third kappa shape index (κ3) is 12.9. The van der Waals surface area contributed by atoms with E-state index in [1.54, 1.807) is 0 Å². The largest absolute Gasteiger partial charge is 2.00 e. The van der Waals surface area contributed by atoms with Gasteiger partial charge in [-0.1, -0.05) is 0 Å². The summed E-state index contributed by atoms with van der Waals surface area (Å²) in [6.45, 7) is 1.39. The number of aliphatic hydroxyl groups excluding tert-OH is 8. The number of carbonyl (C=O) groups is 2. The zero-order chi connectivity index (χ0) is 24.0. The Morgan fingerprint density at radius 2 is 0.935 bits per heavy atom. The third-order valence-corrected chi connectivity index (χ3v) is 3.64. The van der Waals surface area contributed by atoms with Gasteiger partial charge in [0.1, 0.15) is 48.8 Å². The van der Waals surface area contributed by atoms with Crippen LogP contribution in [0.15, 0.2) is 0 Å². The van der Waals surface area contributed by atoms with Crippen LogP contribution < -0.4 is 10.2 Å². The summed E-state index contributed by atoms with van der Waals surface area (Å²) in [5.41, 5.74) is 0. The van der Waals surface area contributed by atoms with Crippen molar-refractivity contribution in [1.29, 1.82) is 0 Å². The minimum absolute atomic E-state index is 0. The van der Waals surface area contributed by atoms with E-state index in [1.807, 2.05) is 0 Å². The molecule has 0 aliphatic rings. The molecule has 0 aliphatic carbocycles. The smallest absolute Gasteiger partial charge is 0.547 e. The van der Waals surface area contributed by atoms with E-state index in [4.69, 9.17) is 20.4 Å². The average Bonchev–Trinajstić information content (AvgIpc) is 2.72. The van der Waals surface area contributed by atoms with Gasteiger partial charge in [-0.2, -0.15) is 0 Å². The second-order valence-corrected chi connectivity index (χ2v) is 5.85. The monoisotopic (exact) mass is 536 g/mol. The van der Waals surface area contributed by atoms with Crippen molar-refractivity contribution in [3.05, 3.63) is 0 Å². The van der Waals surface area contributed by atoms with Crippen molar-refractivity contribution >= 4 is 11.9 Å². The van der Waals surface area contributed by atoms with Crippen LogP contribution in [0.5, 0.6) is 0 Å². The van der Waals surface area contributed by atoms with Crippen LogP contribution in [0.1, 0.15) is 13.8 Å². The minimum atomic E-state index is -1.86. The van der Waals surface area contributed by atoms with Crippen LogP contribution in [0.25, 0.3) is 0 Å². The molecule has 0 heterocycles. The Bertz CT molecular complexity index is 439. The van der Waals surface area contributed by atoms with Gasteiger partial charge in [0.15, 0.2) is 0 Å². The van der Waals surface area contributed by atoms with Crippen LogP contribution in [0.3, 0.4) is 0 Å². The van der Waals surface area contributed by atoms with Gasteiger partial charge in [0.05, 0.1) is 25.2 Å². The minimum Gasteiger partial charge on any atom is -0.547 e. The summed E-state index contributed by atoms with van der Waals surface area (Å²) < 4.78 is 9.23. The topological polar surface area (TPSA) is 261 Å². The molecule has 0 bridgehead atoms. The first-order valence-electron chi connectivity index (χ1n) is 8.85. The number of rotatable bonds is 14. The molecule has 0 saturated heterocycles. The molecular formula is C16H30O14Zr. The summed E-state index contributed by atoms with van der Waals surface area (Å²) in [4.78, 5) is 21.0. The molecule has 0 amide bonds. The molecule has 0 aromatic carbocycles. The maximum absolute atomic E-state index is 10.5. The number of aliphatic hydroxyl groups is 8. The Morgan fingerprint density at radius 3 is 1.10 bits per heavy atom. The summed E-state index contributed by atoms with van der Waals surface area (Å²) in [7, 11) is 0. The molecule has 8 atom stereocenters. The summed E-state index contributed by atoms with van der Waals surface area (Å²) >= 11 is 0. The maximum Gasteiger partial charge on any atom is 2.00 e. The SMILES string of the molecule is CCOC(C(=O)[O-])C(O)C(O)C(O)CO.CCOC(C(=O)[O-])C(O)C(O)C(O)CO.[Zr+2]. The molecule has 0 aromatic rings. The molecule has 8 N–H and O–H groups in total. The van der Waals surface area contributed by atoms with Gasteiger partial charge in [0.25, 0.3) is 0 Å². The molecule has 8 unspecified atom stereocenters. The third-order valence-electron chi connectivity index (χ3n) is 3.64. The van der Waals surface area contributed by atoms with E-state index >= 15 is 0 Å². The van der Waals surface area contributed by atoms with Crippen LogP contribution in [-0.4, -0.2) is 128 Å². The Kier molecular flexibility index (Phi) is 21.4. The molecular weight excluding hydrogens is 507 g/mol. The summed E-state index contributed by atoms with van der Waals surface area (Å²) in [5.74, 6) is -3.40. The van der Waals surface area contributed by atoms with Crippen molar-refractivity contribution < 1.29 is 96.3 Å². The van der Waals surface area contributed by atoms with E-state index in [0.717, 1.165) is 0 Å². The standard InChI is InChI=1S/2C8H16O7.Zr/c2*1-2-15-7(8(13)14)6(12)5(11)4(10)3-9;/h2*4-7,9-12H,2-3H2,1H3,(H,13,14);/q;;+2/p-2. The normalized spacial score (nSPS) is 18.6. The summed E-state index contributed by atoms with van der Waals surface area (Å²) in [5, 5.41) is 92.9. The van der Waals surface area contributed by atoms with Gasteiger partial charge in [-0.05, 0) is 13.8 Å².